The maximum Gasteiger partial charge on any atom is 0.132 e. The Morgan fingerprint density at radius 2 is 1.96 bits per heavy atom. The molecule has 3 aromatic rings. The zero-order valence-electron chi connectivity index (χ0n) is 14.1. The topological polar surface area (TPSA) is 17.0 Å². The Balaban J connectivity index is 1.87. The first-order chi connectivity index (χ1) is 12.6. The molecule has 0 fully saturated rings. The van der Waals surface area contributed by atoms with Crippen LogP contribution in [0.15, 0.2) is 53.6 Å². The summed E-state index contributed by atoms with van der Waals surface area (Å²) in [5.41, 5.74) is 3.81. The molecule has 0 amide bonds. The van der Waals surface area contributed by atoms with Crippen LogP contribution in [-0.4, -0.2) is 11.0 Å². The summed E-state index contributed by atoms with van der Waals surface area (Å²) in [7, 11) is 1.96. The summed E-state index contributed by atoms with van der Waals surface area (Å²) in [5, 5.41) is 4.55. The van der Waals surface area contributed by atoms with Crippen LogP contribution in [0.4, 0.5) is 4.39 Å². The molecule has 4 rings (SSSR count). The van der Waals surface area contributed by atoms with Crippen LogP contribution in [-0.2, 0) is 6.42 Å². The standard InChI is InChI=1S/C20H17Cl2FN2S/c1-24-19-8-6-15-17(19)11-25(26-14-4-2-3-12(21)9-14)20(15)16-10-13(22)5-7-18(16)23/h2-5,7,9-11,19,24H,6,8H2,1H3. The Kier molecular flexibility index (Phi) is 5.02. The van der Waals surface area contributed by atoms with Crippen molar-refractivity contribution < 1.29 is 4.39 Å². The normalized spacial score (nSPS) is 16.1. The molecular weight excluding hydrogens is 390 g/mol. The molecule has 1 aromatic heterocycles. The summed E-state index contributed by atoms with van der Waals surface area (Å²) in [6, 6.07) is 12.7. The fraction of sp³-hybridized carbons (Fsp3) is 0.200. The maximum absolute atomic E-state index is 14.6. The summed E-state index contributed by atoms with van der Waals surface area (Å²) in [6.45, 7) is 0. The van der Waals surface area contributed by atoms with Gasteiger partial charge in [0.25, 0.3) is 0 Å². The molecule has 1 atom stereocenters. The number of halogens is 3. The van der Waals surface area contributed by atoms with E-state index in [2.05, 4.69) is 11.5 Å². The second kappa shape index (κ2) is 7.28. The van der Waals surface area contributed by atoms with Gasteiger partial charge in [-0.05, 0) is 79.4 Å². The van der Waals surface area contributed by atoms with Crippen LogP contribution in [0.2, 0.25) is 10.0 Å². The molecule has 1 aliphatic rings. The summed E-state index contributed by atoms with van der Waals surface area (Å²) in [6.07, 6.45) is 4.02. The van der Waals surface area contributed by atoms with Gasteiger partial charge in [-0.2, -0.15) is 0 Å². The molecule has 1 heterocycles. The van der Waals surface area contributed by atoms with Crippen LogP contribution < -0.4 is 5.32 Å². The fourth-order valence-electron chi connectivity index (χ4n) is 3.52. The van der Waals surface area contributed by atoms with Gasteiger partial charge in [0.15, 0.2) is 0 Å². The zero-order valence-corrected chi connectivity index (χ0v) is 16.4. The van der Waals surface area contributed by atoms with Crippen molar-refractivity contribution in [3.05, 3.63) is 75.7 Å². The molecule has 0 bridgehead atoms. The van der Waals surface area contributed by atoms with Crippen LogP contribution >= 0.6 is 35.1 Å². The number of rotatable bonds is 4. The van der Waals surface area contributed by atoms with Gasteiger partial charge in [-0.25, -0.2) is 4.39 Å². The number of nitrogens with zero attached hydrogens (tertiary/aromatic N) is 1. The average molecular weight is 407 g/mol. The molecule has 0 spiro atoms. The van der Waals surface area contributed by atoms with Crippen molar-refractivity contribution in [3.8, 4) is 11.3 Å². The van der Waals surface area contributed by atoms with Gasteiger partial charge in [-0.15, -0.1) is 0 Å². The number of hydrogen-bond donors (Lipinski definition) is 1. The van der Waals surface area contributed by atoms with Gasteiger partial charge in [0.05, 0.1) is 5.69 Å². The molecule has 1 N–H and O–H groups in total. The molecular formula is C20H17Cl2FN2S. The van der Waals surface area contributed by atoms with Crippen LogP contribution in [0.25, 0.3) is 11.3 Å². The summed E-state index contributed by atoms with van der Waals surface area (Å²) < 4.78 is 16.7. The predicted molar refractivity (Wildman–Crippen MR) is 108 cm³/mol. The number of hydrogen-bond acceptors (Lipinski definition) is 2. The number of nitrogens with one attached hydrogen (secondary N) is 1. The van der Waals surface area contributed by atoms with Crippen molar-refractivity contribution in [1.82, 2.24) is 9.29 Å². The average Bonchev–Trinajstić information content (AvgIpc) is 3.15. The van der Waals surface area contributed by atoms with E-state index in [1.54, 1.807) is 12.1 Å². The minimum Gasteiger partial charge on any atom is -0.313 e. The number of benzene rings is 2. The van der Waals surface area contributed by atoms with Crippen LogP contribution in [0, 0.1) is 5.82 Å². The molecule has 26 heavy (non-hydrogen) atoms. The number of fused-ring (bicyclic) bond motifs is 1. The van der Waals surface area contributed by atoms with Crippen molar-refractivity contribution >= 4 is 35.1 Å². The highest BCUT2D eigenvalue weighted by Gasteiger charge is 2.29. The molecule has 134 valence electrons. The van der Waals surface area contributed by atoms with Crippen molar-refractivity contribution in [3.63, 3.8) is 0 Å². The van der Waals surface area contributed by atoms with Crippen LogP contribution in [0.3, 0.4) is 0 Å². The van der Waals surface area contributed by atoms with Crippen molar-refractivity contribution in [2.75, 3.05) is 7.05 Å². The van der Waals surface area contributed by atoms with E-state index >= 15 is 0 Å². The third-order valence-corrected chi connectivity index (χ3v) is 6.12. The molecule has 0 radical (unpaired) electrons. The van der Waals surface area contributed by atoms with E-state index in [1.807, 2.05) is 35.3 Å². The maximum atomic E-state index is 14.6. The zero-order chi connectivity index (χ0) is 18.3. The Labute approximate surface area is 166 Å². The smallest absolute Gasteiger partial charge is 0.132 e. The van der Waals surface area contributed by atoms with Gasteiger partial charge >= 0.3 is 0 Å². The van der Waals surface area contributed by atoms with Crippen LogP contribution in [0.1, 0.15) is 23.6 Å². The molecule has 0 saturated carbocycles. The van der Waals surface area contributed by atoms with E-state index in [9.17, 15) is 4.39 Å². The van der Waals surface area contributed by atoms with E-state index in [0.717, 1.165) is 23.4 Å². The minimum atomic E-state index is -0.267. The van der Waals surface area contributed by atoms with E-state index < -0.39 is 0 Å². The van der Waals surface area contributed by atoms with Crippen LogP contribution in [0.5, 0.6) is 0 Å². The largest absolute Gasteiger partial charge is 0.313 e. The summed E-state index contributed by atoms with van der Waals surface area (Å²) in [5.74, 6) is -0.267. The lowest BCUT2D eigenvalue weighted by Crippen LogP contribution is -2.12. The van der Waals surface area contributed by atoms with Gasteiger partial charge in [0.2, 0.25) is 0 Å². The van der Waals surface area contributed by atoms with E-state index in [1.165, 1.54) is 29.1 Å². The summed E-state index contributed by atoms with van der Waals surface area (Å²) >= 11 is 13.8. The molecule has 1 aliphatic carbocycles. The van der Waals surface area contributed by atoms with Crippen molar-refractivity contribution in [2.24, 2.45) is 0 Å². The number of aromatic nitrogens is 1. The first kappa shape index (κ1) is 17.9. The van der Waals surface area contributed by atoms with Gasteiger partial charge in [0.1, 0.15) is 5.82 Å². The quantitative estimate of drug-likeness (QED) is 0.542. The molecule has 1 unspecified atom stereocenters. The Morgan fingerprint density at radius 1 is 1.15 bits per heavy atom. The van der Waals surface area contributed by atoms with E-state index in [0.29, 0.717) is 15.6 Å². The first-order valence-corrected chi connectivity index (χ1v) is 9.90. The highest BCUT2D eigenvalue weighted by atomic mass is 35.5. The third kappa shape index (κ3) is 3.27. The van der Waals surface area contributed by atoms with Gasteiger partial charge in [-0.1, -0.05) is 29.3 Å². The lowest BCUT2D eigenvalue weighted by molar-refractivity contribution is 0.588. The Morgan fingerprint density at radius 3 is 2.73 bits per heavy atom. The lowest BCUT2D eigenvalue weighted by atomic mass is 10.1. The predicted octanol–water partition coefficient (Wildman–Crippen LogP) is 6.36. The Bertz CT molecular complexity index is 970. The molecule has 6 heteroatoms. The van der Waals surface area contributed by atoms with Gasteiger partial charge in [-0.3, -0.25) is 3.97 Å². The van der Waals surface area contributed by atoms with Gasteiger partial charge < -0.3 is 5.32 Å². The highest BCUT2D eigenvalue weighted by molar-refractivity contribution is 7.98. The minimum absolute atomic E-state index is 0.267. The molecule has 0 aliphatic heterocycles. The highest BCUT2D eigenvalue weighted by Crippen LogP contribution is 2.43. The van der Waals surface area contributed by atoms with E-state index in [4.69, 9.17) is 23.2 Å². The monoisotopic (exact) mass is 406 g/mol. The third-order valence-electron chi connectivity index (χ3n) is 4.70. The molecule has 2 nitrogen and oxygen atoms in total. The van der Waals surface area contributed by atoms with Crippen molar-refractivity contribution in [1.29, 1.82) is 0 Å². The molecule has 0 saturated heterocycles. The molecule has 2 aromatic carbocycles. The Hall–Kier alpha value is -1.46. The van der Waals surface area contributed by atoms with Crippen molar-refractivity contribution in [2.45, 2.75) is 23.8 Å². The lowest BCUT2D eigenvalue weighted by Gasteiger charge is -2.12. The summed E-state index contributed by atoms with van der Waals surface area (Å²) in [4.78, 5) is 0.996. The second-order valence-electron chi connectivity index (χ2n) is 6.29. The SMILES string of the molecule is CNC1CCc2c1cn(Sc1cccc(Cl)c1)c2-c1cc(Cl)ccc1F. The fourth-order valence-corrected chi connectivity index (χ4v) is 4.95. The second-order valence-corrected chi connectivity index (χ2v) is 8.21. The first-order valence-electron chi connectivity index (χ1n) is 8.37. The van der Waals surface area contributed by atoms with Gasteiger partial charge in [0, 0.05) is 32.7 Å². The van der Waals surface area contributed by atoms with E-state index in [-0.39, 0.29) is 11.9 Å².